The van der Waals surface area contributed by atoms with E-state index in [0.717, 1.165) is 44.1 Å². The Hall–Kier alpha value is -2.54. The van der Waals surface area contributed by atoms with Gasteiger partial charge in [-0.1, -0.05) is 13.8 Å². The fourth-order valence-electron chi connectivity index (χ4n) is 3.90. The van der Waals surface area contributed by atoms with Gasteiger partial charge in [-0.15, -0.1) is 0 Å². The molecule has 0 aliphatic carbocycles. The Kier molecular flexibility index (Phi) is 8.13. The molecule has 7 heteroatoms. The Morgan fingerprint density at radius 1 is 1.17 bits per heavy atom. The molecule has 0 unspecified atom stereocenters. The highest BCUT2D eigenvalue weighted by Crippen LogP contribution is 2.14. The molecule has 1 saturated heterocycles. The summed E-state index contributed by atoms with van der Waals surface area (Å²) in [6.07, 6.45) is 5.92. The molecule has 7 nitrogen and oxygen atoms in total. The summed E-state index contributed by atoms with van der Waals surface area (Å²) in [5.41, 5.74) is 1.05. The van der Waals surface area contributed by atoms with Crippen LogP contribution in [-0.2, 0) is 17.9 Å². The van der Waals surface area contributed by atoms with Crippen molar-refractivity contribution in [1.82, 2.24) is 19.7 Å². The average molecular weight is 415 g/mol. The van der Waals surface area contributed by atoms with Gasteiger partial charge in [0.05, 0.1) is 13.1 Å². The number of hydrogen-bond donors (Lipinski definition) is 1. The number of nitrogens with zero attached hydrogens (tertiary/aromatic N) is 3. The quantitative estimate of drug-likeness (QED) is 0.613. The summed E-state index contributed by atoms with van der Waals surface area (Å²) in [7, 11) is 0. The minimum absolute atomic E-state index is 0.162. The molecule has 2 aromatic heterocycles. The van der Waals surface area contributed by atoms with E-state index in [1.54, 1.807) is 6.07 Å². The molecule has 1 N–H and O–H groups in total. The van der Waals surface area contributed by atoms with E-state index in [9.17, 15) is 9.59 Å². The van der Waals surface area contributed by atoms with Crippen molar-refractivity contribution >= 4 is 11.8 Å². The largest absolute Gasteiger partial charge is 0.454 e. The first kappa shape index (κ1) is 22.2. The lowest BCUT2D eigenvalue weighted by Crippen LogP contribution is -2.33. The standard InChI is InChI=1S/C23H34N4O3/c1-3-12-27(22(28)4-2)17-19-8-7-15-26(19)18-20-9-10-21(30-20)23(29)24-11-16-25-13-5-6-14-25/h7-10,15H,3-6,11-14,16-18H2,1-2H3,(H,24,29). The lowest BCUT2D eigenvalue weighted by atomic mass is 10.3. The first-order chi connectivity index (χ1) is 14.6. The van der Waals surface area contributed by atoms with Crippen molar-refractivity contribution in [2.45, 2.75) is 52.6 Å². The van der Waals surface area contributed by atoms with E-state index in [2.05, 4.69) is 21.7 Å². The number of rotatable bonds is 11. The van der Waals surface area contributed by atoms with Crippen LogP contribution >= 0.6 is 0 Å². The van der Waals surface area contributed by atoms with Gasteiger partial charge in [-0.2, -0.15) is 0 Å². The molecule has 0 spiro atoms. The maximum Gasteiger partial charge on any atom is 0.287 e. The topological polar surface area (TPSA) is 70.7 Å². The maximum absolute atomic E-state index is 12.4. The minimum atomic E-state index is -0.171. The number of carbonyl (C=O) groups excluding carboxylic acids is 2. The van der Waals surface area contributed by atoms with Crippen LogP contribution in [0, 0.1) is 0 Å². The van der Waals surface area contributed by atoms with Crippen LogP contribution in [0.4, 0.5) is 0 Å². The van der Waals surface area contributed by atoms with Gasteiger partial charge in [0, 0.05) is 37.9 Å². The van der Waals surface area contributed by atoms with Crippen LogP contribution in [0.5, 0.6) is 0 Å². The van der Waals surface area contributed by atoms with Crippen LogP contribution in [0.3, 0.4) is 0 Å². The van der Waals surface area contributed by atoms with Gasteiger partial charge in [0.2, 0.25) is 5.91 Å². The summed E-state index contributed by atoms with van der Waals surface area (Å²) in [4.78, 5) is 28.8. The number of hydrogen-bond acceptors (Lipinski definition) is 4. The molecular weight excluding hydrogens is 380 g/mol. The summed E-state index contributed by atoms with van der Waals surface area (Å²) in [5, 5.41) is 2.94. The van der Waals surface area contributed by atoms with Crippen LogP contribution in [-0.4, -0.2) is 58.9 Å². The predicted molar refractivity (Wildman–Crippen MR) is 116 cm³/mol. The molecule has 164 valence electrons. The number of nitrogens with one attached hydrogen (secondary N) is 1. The summed E-state index contributed by atoms with van der Waals surface area (Å²) < 4.78 is 7.86. The molecule has 0 radical (unpaired) electrons. The molecule has 0 atom stereocenters. The molecule has 30 heavy (non-hydrogen) atoms. The van der Waals surface area contributed by atoms with Gasteiger partial charge < -0.3 is 24.1 Å². The van der Waals surface area contributed by atoms with Crippen LogP contribution < -0.4 is 5.32 Å². The van der Waals surface area contributed by atoms with Crippen molar-refractivity contribution in [3.8, 4) is 0 Å². The summed E-state index contributed by atoms with van der Waals surface area (Å²) >= 11 is 0. The van der Waals surface area contributed by atoms with Gasteiger partial charge in [0.1, 0.15) is 5.76 Å². The molecule has 0 bridgehead atoms. The van der Waals surface area contributed by atoms with E-state index in [1.165, 1.54) is 12.8 Å². The second-order valence-corrected chi connectivity index (χ2v) is 7.87. The Morgan fingerprint density at radius 2 is 1.97 bits per heavy atom. The van der Waals surface area contributed by atoms with E-state index in [1.807, 2.05) is 36.2 Å². The molecule has 3 heterocycles. The van der Waals surface area contributed by atoms with Crippen molar-refractivity contribution in [2.24, 2.45) is 0 Å². The highest BCUT2D eigenvalue weighted by molar-refractivity contribution is 5.91. The third-order valence-electron chi connectivity index (χ3n) is 5.55. The predicted octanol–water partition coefficient (Wildman–Crippen LogP) is 3.10. The lowest BCUT2D eigenvalue weighted by Gasteiger charge is -2.22. The second kappa shape index (κ2) is 11.0. The highest BCUT2D eigenvalue weighted by atomic mass is 16.4. The molecule has 0 aromatic carbocycles. The van der Waals surface area contributed by atoms with Crippen LogP contribution in [0.15, 0.2) is 34.9 Å². The fourth-order valence-corrected chi connectivity index (χ4v) is 3.90. The van der Waals surface area contributed by atoms with Crippen molar-refractivity contribution in [2.75, 3.05) is 32.7 Å². The monoisotopic (exact) mass is 414 g/mol. The maximum atomic E-state index is 12.4. The van der Waals surface area contributed by atoms with Gasteiger partial charge >= 0.3 is 0 Å². The van der Waals surface area contributed by atoms with E-state index in [-0.39, 0.29) is 11.8 Å². The fraction of sp³-hybridized carbons (Fsp3) is 0.565. The van der Waals surface area contributed by atoms with Crippen molar-refractivity contribution in [3.63, 3.8) is 0 Å². The van der Waals surface area contributed by atoms with E-state index >= 15 is 0 Å². The number of carbonyl (C=O) groups is 2. The summed E-state index contributed by atoms with van der Waals surface area (Å²) in [5.74, 6) is 1.06. The zero-order valence-electron chi connectivity index (χ0n) is 18.2. The molecule has 2 aromatic rings. The van der Waals surface area contributed by atoms with Crippen molar-refractivity contribution in [1.29, 1.82) is 0 Å². The van der Waals surface area contributed by atoms with Crippen LogP contribution in [0.25, 0.3) is 0 Å². The molecule has 1 fully saturated rings. The normalized spacial score (nSPS) is 14.2. The second-order valence-electron chi connectivity index (χ2n) is 7.87. The Labute approximate surface area is 179 Å². The smallest absolute Gasteiger partial charge is 0.287 e. The van der Waals surface area contributed by atoms with Gasteiger partial charge in [0.15, 0.2) is 5.76 Å². The average Bonchev–Trinajstić information content (AvgIpc) is 3.50. The number of furan rings is 1. The number of likely N-dealkylation sites (tertiary alicyclic amines) is 1. The Bertz CT molecular complexity index is 820. The Morgan fingerprint density at radius 3 is 2.70 bits per heavy atom. The van der Waals surface area contributed by atoms with E-state index in [0.29, 0.717) is 31.8 Å². The van der Waals surface area contributed by atoms with Gasteiger partial charge in [-0.05, 0) is 56.6 Å². The molecule has 1 aliphatic rings. The zero-order valence-corrected chi connectivity index (χ0v) is 18.2. The Balaban J connectivity index is 1.55. The molecule has 2 amide bonds. The number of aromatic nitrogens is 1. The van der Waals surface area contributed by atoms with Crippen molar-refractivity contribution in [3.05, 3.63) is 47.7 Å². The SMILES string of the molecule is CCCN(Cc1cccn1Cc1ccc(C(=O)NCCN2CCCC2)o1)C(=O)CC. The third-order valence-corrected chi connectivity index (χ3v) is 5.55. The van der Waals surface area contributed by atoms with Crippen molar-refractivity contribution < 1.29 is 14.0 Å². The summed E-state index contributed by atoms with van der Waals surface area (Å²) in [6, 6.07) is 7.58. The summed E-state index contributed by atoms with van der Waals surface area (Å²) in [6.45, 7) is 9.60. The third kappa shape index (κ3) is 5.98. The lowest BCUT2D eigenvalue weighted by molar-refractivity contribution is -0.131. The molecule has 1 aliphatic heterocycles. The molecule has 3 rings (SSSR count). The first-order valence-electron chi connectivity index (χ1n) is 11.1. The molecule has 0 saturated carbocycles. The van der Waals surface area contributed by atoms with E-state index < -0.39 is 0 Å². The zero-order chi connectivity index (χ0) is 21.3. The van der Waals surface area contributed by atoms with Crippen LogP contribution in [0.2, 0.25) is 0 Å². The first-order valence-corrected chi connectivity index (χ1v) is 11.1. The van der Waals surface area contributed by atoms with E-state index in [4.69, 9.17) is 4.42 Å². The number of amides is 2. The highest BCUT2D eigenvalue weighted by Gasteiger charge is 2.16. The van der Waals surface area contributed by atoms with Gasteiger partial charge in [-0.3, -0.25) is 9.59 Å². The van der Waals surface area contributed by atoms with Crippen LogP contribution in [0.1, 0.15) is 61.5 Å². The minimum Gasteiger partial charge on any atom is -0.454 e. The van der Waals surface area contributed by atoms with Gasteiger partial charge in [-0.25, -0.2) is 0 Å². The molecular formula is C23H34N4O3. The van der Waals surface area contributed by atoms with Gasteiger partial charge in [0.25, 0.3) is 5.91 Å².